The highest BCUT2D eigenvalue weighted by Gasteiger charge is 2.21. The number of anilines is 1. The highest BCUT2D eigenvalue weighted by atomic mass is 35.5. The first-order valence-corrected chi connectivity index (χ1v) is 7.56. The number of carbonyl (C=O) groups excluding carboxylic acids is 1. The number of hydrogen-bond acceptors (Lipinski definition) is 7. The number of thioether (sulfide) groups is 1. The van der Waals surface area contributed by atoms with Gasteiger partial charge in [-0.05, 0) is 18.4 Å². The zero-order valence-corrected chi connectivity index (χ0v) is 12.4. The molecule has 0 aliphatic carbocycles. The summed E-state index contributed by atoms with van der Waals surface area (Å²) >= 11 is 8.33. The van der Waals surface area contributed by atoms with Crippen LogP contribution in [0.15, 0.2) is 22.5 Å². The Morgan fingerprint density at radius 1 is 1.50 bits per heavy atom. The van der Waals surface area contributed by atoms with Crippen LogP contribution >= 0.6 is 34.7 Å². The maximum atomic E-state index is 12.0. The van der Waals surface area contributed by atoms with Crippen molar-refractivity contribution in [3.8, 4) is 0 Å². The van der Waals surface area contributed by atoms with Gasteiger partial charge in [-0.15, -0.1) is 10.2 Å². The van der Waals surface area contributed by atoms with Crippen LogP contribution in [-0.2, 0) is 0 Å². The molecule has 1 aromatic carbocycles. The van der Waals surface area contributed by atoms with E-state index in [0.717, 1.165) is 0 Å². The van der Waals surface area contributed by atoms with Gasteiger partial charge in [0.25, 0.3) is 11.6 Å². The standard InChI is InChI=1S/C10H7ClN4O3S2/c1-19-10-14-13-9(20-10)12-8(16)6-4-5(11)2-3-7(6)15(17)18/h2-4H,1H3,(H,12,13,16). The number of halogens is 1. The van der Waals surface area contributed by atoms with Gasteiger partial charge >= 0.3 is 0 Å². The van der Waals surface area contributed by atoms with Crippen LogP contribution in [0, 0.1) is 10.1 Å². The summed E-state index contributed by atoms with van der Waals surface area (Å²) in [6.45, 7) is 0. The SMILES string of the molecule is CSc1nnc(NC(=O)c2cc(Cl)ccc2[N+](=O)[O-])s1. The fraction of sp³-hybridized carbons (Fsp3) is 0.100. The van der Waals surface area contributed by atoms with Gasteiger partial charge in [-0.25, -0.2) is 0 Å². The minimum Gasteiger partial charge on any atom is -0.296 e. The van der Waals surface area contributed by atoms with E-state index in [1.807, 2.05) is 6.26 Å². The zero-order valence-electron chi connectivity index (χ0n) is 9.99. The Kier molecular flexibility index (Phi) is 4.53. The summed E-state index contributed by atoms with van der Waals surface area (Å²) in [6.07, 6.45) is 1.83. The summed E-state index contributed by atoms with van der Waals surface area (Å²) in [5.41, 5.74) is -0.440. The number of hydrogen-bond donors (Lipinski definition) is 1. The molecule has 7 nitrogen and oxygen atoms in total. The Morgan fingerprint density at radius 3 is 2.85 bits per heavy atom. The Balaban J connectivity index is 2.28. The van der Waals surface area contributed by atoms with Crippen molar-refractivity contribution in [1.29, 1.82) is 0 Å². The number of amides is 1. The highest BCUT2D eigenvalue weighted by Crippen LogP contribution is 2.26. The normalized spacial score (nSPS) is 10.3. The van der Waals surface area contributed by atoms with Crippen LogP contribution in [0.2, 0.25) is 5.02 Å². The summed E-state index contributed by atoms with van der Waals surface area (Å²) in [6, 6.07) is 3.78. The molecule has 0 spiro atoms. The number of nitrogens with zero attached hydrogens (tertiary/aromatic N) is 3. The third kappa shape index (κ3) is 3.24. The van der Waals surface area contributed by atoms with Crippen LogP contribution in [0.4, 0.5) is 10.8 Å². The quantitative estimate of drug-likeness (QED) is 0.400. The van der Waals surface area contributed by atoms with Crippen LogP contribution < -0.4 is 5.32 Å². The molecule has 1 heterocycles. The predicted octanol–water partition coefficient (Wildman–Crippen LogP) is 3.07. The first kappa shape index (κ1) is 14.7. The van der Waals surface area contributed by atoms with Gasteiger partial charge in [0, 0.05) is 11.1 Å². The molecule has 0 unspecified atom stereocenters. The topological polar surface area (TPSA) is 98.0 Å². The molecule has 10 heteroatoms. The van der Waals surface area contributed by atoms with E-state index in [1.54, 1.807) is 0 Å². The smallest absolute Gasteiger partial charge is 0.282 e. The van der Waals surface area contributed by atoms with Gasteiger partial charge in [-0.3, -0.25) is 20.2 Å². The highest BCUT2D eigenvalue weighted by molar-refractivity contribution is 8.00. The summed E-state index contributed by atoms with van der Waals surface area (Å²) in [4.78, 5) is 22.3. The van der Waals surface area contributed by atoms with E-state index in [2.05, 4.69) is 15.5 Å². The number of rotatable bonds is 4. The Bertz CT molecular complexity index is 676. The molecule has 0 bridgehead atoms. The number of nitro groups is 1. The van der Waals surface area contributed by atoms with Gasteiger partial charge in [0.1, 0.15) is 5.56 Å². The van der Waals surface area contributed by atoms with E-state index in [-0.39, 0.29) is 21.4 Å². The molecular weight excluding hydrogens is 324 g/mol. The second kappa shape index (κ2) is 6.16. The first-order valence-electron chi connectivity index (χ1n) is 5.14. The lowest BCUT2D eigenvalue weighted by molar-refractivity contribution is -0.385. The number of aromatic nitrogens is 2. The predicted molar refractivity (Wildman–Crippen MR) is 77.7 cm³/mol. The molecule has 0 fully saturated rings. The van der Waals surface area contributed by atoms with Crippen molar-refractivity contribution in [1.82, 2.24) is 10.2 Å². The fourth-order valence-corrected chi connectivity index (χ4v) is 2.69. The van der Waals surface area contributed by atoms with Gasteiger partial charge in [0.2, 0.25) is 5.13 Å². The summed E-state index contributed by atoms with van der Waals surface area (Å²) < 4.78 is 0.681. The molecule has 0 saturated heterocycles. The number of nitrogens with one attached hydrogen (secondary N) is 1. The van der Waals surface area contributed by atoms with Gasteiger partial charge in [-0.2, -0.15) is 0 Å². The second-order valence-electron chi connectivity index (χ2n) is 3.45. The third-order valence-corrected chi connectivity index (χ3v) is 4.25. The number of nitro benzene ring substituents is 1. The van der Waals surface area contributed by atoms with E-state index >= 15 is 0 Å². The molecule has 1 aromatic heterocycles. The maximum absolute atomic E-state index is 12.0. The molecule has 1 amide bonds. The average molecular weight is 331 g/mol. The van der Waals surface area contributed by atoms with Crippen LogP contribution in [0.1, 0.15) is 10.4 Å². The fourth-order valence-electron chi connectivity index (χ4n) is 1.36. The molecule has 0 saturated carbocycles. The van der Waals surface area contributed by atoms with Crippen molar-refractivity contribution >= 4 is 51.4 Å². The number of carbonyl (C=O) groups is 1. The van der Waals surface area contributed by atoms with Crippen molar-refractivity contribution in [2.45, 2.75) is 4.34 Å². The van der Waals surface area contributed by atoms with E-state index in [0.29, 0.717) is 4.34 Å². The van der Waals surface area contributed by atoms with E-state index < -0.39 is 10.8 Å². The van der Waals surface area contributed by atoms with Crippen LogP contribution in [0.5, 0.6) is 0 Å². The minimum atomic E-state index is -0.650. The lowest BCUT2D eigenvalue weighted by atomic mass is 10.1. The van der Waals surface area contributed by atoms with Gasteiger partial charge in [0.05, 0.1) is 4.92 Å². The molecule has 0 atom stereocenters. The van der Waals surface area contributed by atoms with E-state index in [9.17, 15) is 14.9 Å². The van der Waals surface area contributed by atoms with Gasteiger partial charge in [0.15, 0.2) is 4.34 Å². The van der Waals surface area contributed by atoms with E-state index in [1.165, 1.54) is 41.3 Å². The Morgan fingerprint density at radius 2 is 2.25 bits per heavy atom. The largest absolute Gasteiger partial charge is 0.296 e. The lowest BCUT2D eigenvalue weighted by Crippen LogP contribution is -2.13. The Labute approximate surface area is 126 Å². The minimum absolute atomic E-state index is 0.122. The van der Waals surface area contributed by atoms with Crippen LogP contribution in [0.25, 0.3) is 0 Å². The maximum Gasteiger partial charge on any atom is 0.282 e. The third-order valence-electron chi connectivity index (χ3n) is 2.20. The summed E-state index contributed by atoms with van der Waals surface area (Å²) in [5.74, 6) is -0.650. The second-order valence-corrected chi connectivity index (χ2v) is 5.92. The van der Waals surface area contributed by atoms with Crippen molar-refractivity contribution in [2.75, 3.05) is 11.6 Å². The molecule has 0 aliphatic rings. The van der Waals surface area contributed by atoms with Crippen LogP contribution in [-0.4, -0.2) is 27.3 Å². The van der Waals surface area contributed by atoms with Crippen molar-refractivity contribution in [2.24, 2.45) is 0 Å². The average Bonchev–Trinajstić information content (AvgIpc) is 2.85. The van der Waals surface area contributed by atoms with Gasteiger partial charge in [-0.1, -0.05) is 34.7 Å². The van der Waals surface area contributed by atoms with Crippen molar-refractivity contribution < 1.29 is 9.72 Å². The molecule has 20 heavy (non-hydrogen) atoms. The summed E-state index contributed by atoms with van der Waals surface area (Å²) in [7, 11) is 0. The molecule has 1 N–H and O–H groups in total. The Hall–Kier alpha value is -1.71. The lowest BCUT2D eigenvalue weighted by Gasteiger charge is -2.03. The molecule has 2 aromatic rings. The van der Waals surface area contributed by atoms with E-state index in [4.69, 9.17) is 11.6 Å². The molecule has 104 valence electrons. The zero-order chi connectivity index (χ0) is 14.7. The van der Waals surface area contributed by atoms with Crippen molar-refractivity contribution in [3.05, 3.63) is 38.9 Å². The first-order chi connectivity index (χ1) is 9.51. The molecular formula is C10H7ClN4O3S2. The molecule has 2 rings (SSSR count). The van der Waals surface area contributed by atoms with Gasteiger partial charge < -0.3 is 0 Å². The summed E-state index contributed by atoms with van der Waals surface area (Å²) in [5, 5.41) is 21.4. The monoisotopic (exact) mass is 330 g/mol. The molecule has 0 aliphatic heterocycles. The van der Waals surface area contributed by atoms with Crippen LogP contribution in [0.3, 0.4) is 0 Å². The van der Waals surface area contributed by atoms with Crippen molar-refractivity contribution in [3.63, 3.8) is 0 Å². The number of benzene rings is 1. The molecule has 0 radical (unpaired) electrons.